The third kappa shape index (κ3) is 108. The first kappa shape index (κ1) is 16.4. The average Bonchev–Trinajstić information content (AvgIpc) is 1.65. The Kier molecular flexibility index (Phi) is 19.1. The molecule has 0 aliphatic carbocycles. The highest BCUT2D eigenvalue weighted by Gasteiger charge is 1.70. The van der Waals surface area contributed by atoms with Gasteiger partial charge in [0.05, 0.1) is 7.11 Å². The summed E-state index contributed by atoms with van der Waals surface area (Å²) in [4.78, 5) is 4.58. The smallest absolute Gasteiger partial charge is 0.0574 e. The molecule has 0 heterocycles. The van der Waals surface area contributed by atoms with Gasteiger partial charge in [-0.2, -0.15) is 10.1 Å². The van der Waals surface area contributed by atoms with Crippen LogP contribution < -0.4 is 0 Å². The van der Waals surface area contributed by atoms with Crippen LogP contribution in [0.4, 0.5) is 0 Å². The largest absolute Gasteiger partial charge is 0.315 e. The van der Waals surface area contributed by atoms with Crippen LogP contribution in [0.3, 0.4) is 0 Å². The van der Waals surface area contributed by atoms with Crippen molar-refractivity contribution in [1.29, 1.82) is 0 Å². The van der Waals surface area contributed by atoms with Crippen LogP contribution in [0.2, 0.25) is 0 Å². The van der Waals surface area contributed by atoms with E-state index in [0.29, 0.717) is 0 Å². The minimum atomic E-state index is 0. The molecule has 4 nitrogen and oxygen atoms in total. The molecule has 0 aliphatic rings. The molecule has 0 saturated heterocycles. The van der Waals surface area contributed by atoms with Gasteiger partial charge in [0, 0.05) is 28.2 Å². The fraction of sp³-hybridized carbons (Fsp3) is 1.00. The van der Waals surface area contributed by atoms with Crippen molar-refractivity contribution in [2.24, 2.45) is 0 Å². The van der Waals surface area contributed by atoms with Gasteiger partial charge in [0.15, 0.2) is 0 Å². The van der Waals surface area contributed by atoms with E-state index in [4.69, 9.17) is 5.21 Å². The summed E-state index contributed by atoms with van der Waals surface area (Å²) in [5, 5.41) is 10.5. The predicted octanol–water partition coefficient (Wildman–Crippen LogP) is 0.683. The number of hydrogen-bond acceptors (Lipinski definition) is 4. The summed E-state index contributed by atoms with van der Waals surface area (Å²) in [7, 11) is 8.40. The second-order valence-electron chi connectivity index (χ2n) is 1.84. The summed E-state index contributed by atoms with van der Waals surface area (Å²) in [5.41, 5.74) is 0. The molecule has 0 aromatic heterocycles. The molecule has 0 radical (unpaired) electrons. The van der Waals surface area contributed by atoms with Crippen LogP contribution in [0.15, 0.2) is 0 Å². The topological polar surface area (TPSA) is 35.9 Å². The number of nitrogens with zero attached hydrogens (tertiary/aromatic N) is 2. The second kappa shape index (κ2) is 11.6. The molecule has 0 bridgehead atoms. The molecule has 0 spiro atoms. The third-order valence-electron chi connectivity index (χ3n) is 0.365. The van der Waals surface area contributed by atoms with Gasteiger partial charge in [-0.05, 0) is 0 Å². The Hall–Kier alpha value is -0.160. The Morgan fingerprint density at radius 1 is 1.10 bits per heavy atom. The van der Waals surface area contributed by atoms with Gasteiger partial charge >= 0.3 is 0 Å². The first-order valence-electron chi connectivity index (χ1n) is 2.58. The molecule has 66 valence electrons. The Morgan fingerprint density at radius 3 is 1.20 bits per heavy atom. The summed E-state index contributed by atoms with van der Waals surface area (Å²) in [6.45, 7) is 0. The highest BCUT2D eigenvalue weighted by molar-refractivity contribution is 3.97. The van der Waals surface area contributed by atoms with E-state index in [2.05, 4.69) is 4.84 Å². The Balaban J connectivity index is -0.0000000910. The van der Waals surface area contributed by atoms with E-state index >= 15 is 0 Å². The first-order valence-corrected chi connectivity index (χ1v) is 2.58. The predicted molar refractivity (Wildman–Crippen MR) is 42.9 cm³/mol. The standard InChI is InChI=1S/C3H9NO.C2H7NO.CH4/c1-4(2)5-3;1-3(2)4;/h1-3H3;4H,1-2H3;1H4. The van der Waals surface area contributed by atoms with E-state index in [1.54, 1.807) is 26.3 Å². The van der Waals surface area contributed by atoms with Crippen LogP contribution >= 0.6 is 0 Å². The molecule has 4 heteroatoms. The Bertz CT molecular complexity index is 46.3. The number of hydroxylamine groups is 4. The van der Waals surface area contributed by atoms with Crippen molar-refractivity contribution in [3.05, 3.63) is 0 Å². The first-order chi connectivity index (χ1) is 4.00. The van der Waals surface area contributed by atoms with Crippen molar-refractivity contribution in [2.75, 3.05) is 35.3 Å². The summed E-state index contributed by atoms with van der Waals surface area (Å²) in [6, 6.07) is 0. The third-order valence-corrected chi connectivity index (χ3v) is 0.365. The van der Waals surface area contributed by atoms with Crippen LogP contribution in [-0.2, 0) is 4.84 Å². The lowest BCUT2D eigenvalue weighted by molar-refractivity contribution is -0.0855. The molecule has 0 amide bonds. The van der Waals surface area contributed by atoms with E-state index in [9.17, 15) is 0 Å². The van der Waals surface area contributed by atoms with Crippen molar-refractivity contribution >= 4 is 0 Å². The molecule has 0 unspecified atom stereocenters. The molecular weight excluding hydrogens is 132 g/mol. The zero-order chi connectivity index (χ0) is 7.86. The molecule has 0 aromatic rings. The van der Waals surface area contributed by atoms with Gasteiger partial charge < -0.3 is 10.0 Å². The molecule has 10 heavy (non-hydrogen) atoms. The average molecular weight is 152 g/mol. The number of hydrogen-bond donors (Lipinski definition) is 1. The molecule has 0 saturated carbocycles. The van der Waals surface area contributed by atoms with E-state index in [-0.39, 0.29) is 7.43 Å². The molecule has 0 aromatic carbocycles. The maximum Gasteiger partial charge on any atom is 0.0574 e. The normalized spacial score (nSPS) is 8.40. The number of rotatable bonds is 1. The zero-order valence-electron chi connectivity index (χ0n) is 6.75. The maximum atomic E-state index is 7.89. The van der Waals surface area contributed by atoms with E-state index in [1.807, 2.05) is 14.1 Å². The molecule has 0 atom stereocenters. The van der Waals surface area contributed by atoms with E-state index in [0.717, 1.165) is 5.06 Å². The monoisotopic (exact) mass is 152 g/mol. The van der Waals surface area contributed by atoms with Crippen LogP contribution in [0.25, 0.3) is 0 Å². The molecule has 0 aliphatic heterocycles. The van der Waals surface area contributed by atoms with E-state index in [1.165, 1.54) is 0 Å². The van der Waals surface area contributed by atoms with Crippen molar-refractivity contribution < 1.29 is 10.0 Å². The van der Waals surface area contributed by atoms with Gasteiger partial charge in [0.2, 0.25) is 0 Å². The highest BCUT2D eigenvalue weighted by Crippen LogP contribution is 1.64. The van der Waals surface area contributed by atoms with Gasteiger partial charge in [-0.25, -0.2) is 0 Å². The zero-order valence-corrected chi connectivity index (χ0v) is 6.75. The van der Waals surface area contributed by atoms with Crippen LogP contribution in [0.5, 0.6) is 0 Å². The lowest BCUT2D eigenvalue weighted by Crippen LogP contribution is -2.07. The maximum absolute atomic E-state index is 7.89. The van der Waals surface area contributed by atoms with Crippen molar-refractivity contribution in [2.45, 2.75) is 7.43 Å². The van der Waals surface area contributed by atoms with Crippen LogP contribution in [0, 0.1) is 0 Å². The second-order valence-corrected chi connectivity index (χ2v) is 1.84. The van der Waals surface area contributed by atoms with Gasteiger partial charge in [-0.3, -0.25) is 0 Å². The summed E-state index contributed by atoms with van der Waals surface area (Å²) < 4.78 is 0. The fourth-order valence-electron chi connectivity index (χ4n) is 0. The van der Waals surface area contributed by atoms with Crippen molar-refractivity contribution in [1.82, 2.24) is 10.1 Å². The molecule has 1 N–H and O–H groups in total. The summed E-state index contributed by atoms with van der Waals surface area (Å²) in [6.07, 6.45) is 0. The summed E-state index contributed by atoms with van der Waals surface area (Å²) >= 11 is 0. The quantitative estimate of drug-likeness (QED) is 0.561. The van der Waals surface area contributed by atoms with Gasteiger partial charge in [-0.1, -0.05) is 7.43 Å². The molecule has 0 rings (SSSR count). The minimum absolute atomic E-state index is 0. The van der Waals surface area contributed by atoms with Gasteiger partial charge in [-0.15, -0.1) is 0 Å². The van der Waals surface area contributed by atoms with Crippen LogP contribution in [0.1, 0.15) is 7.43 Å². The summed E-state index contributed by atoms with van der Waals surface area (Å²) in [5.74, 6) is 0. The highest BCUT2D eigenvalue weighted by atomic mass is 16.7. The van der Waals surface area contributed by atoms with Crippen molar-refractivity contribution in [3.63, 3.8) is 0 Å². The van der Waals surface area contributed by atoms with E-state index < -0.39 is 0 Å². The molecule has 0 fully saturated rings. The lowest BCUT2D eigenvalue weighted by atomic mass is 11.2. The molecular formula is C6H20N2O2. The Labute approximate surface area is 63.9 Å². The van der Waals surface area contributed by atoms with Crippen molar-refractivity contribution in [3.8, 4) is 0 Å². The Morgan fingerprint density at radius 2 is 1.20 bits per heavy atom. The fourth-order valence-corrected chi connectivity index (χ4v) is 0. The minimum Gasteiger partial charge on any atom is -0.315 e. The van der Waals surface area contributed by atoms with Gasteiger partial charge in [0.25, 0.3) is 0 Å². The lowest BCUT2D eigenvalue weighted by Gasteiger charge is -2.01. The van der Waals surface area contributed by atoms with Crippen LogP contribution in [-0.4, -0.2) is 50.6 Å². The SMILES string of the molecule is C.CN(C)O.CON(C)C. The van der Waals surface area contributed by atoms with Gasteiger partial charge in [0.1, 0.15) is 0 Å².